The van der Waals surface area contributed by atoms with E-state index in [1.807, 2.05) is 87.4 Å². The molecule has 1 aliphatic heterocycles. The SMILES string of the molecule is CCCOc1ccc(C2/C(=C(\O)c3cnn(-c4ccccc4)c3C)C(=O)C(=O)N2CCCN(C)C)cc1. The molecule has 2 aromatic carbocycles. The van der Waals surface area contributed by atoms with E-state index in [2.05, 4.69) is 5.10 Å². The smallest absolute Gasteiger partial charge is 0.295 e. The van der Waals surface area contributed by atoms with Gasteiger partial charge in [0, 0.05) is 6.54 Å². The van der Waals surface area contributed by atoms with Crippen LogP contribution in [0.15, 0.2) is 66.4 Å². The number of hydrogen-bond acceptors (Lipinski definition) is 6. The Morgan fingerprint density at radius 2 is 1.78 bits per heavy atom. The minimum absolute atomic E-state index is 0.0767. The molecule has 1 saturated heterocycles. The van der Waals surface area contributed by atoms with Gasteiger partial charge >= 0.3 is 0 Å². The summed E-state index contributed by atoms with van der Waals surface area (Å²) in [5, 5.41) is 15.9. The van der Waals surface area contributed by atoms with E-state index < -0.39 is 17.7 Å². The van der Waals surface area contributed by atoms with Crippen molar-refractivity contribution in [1.29, 1.82) is 0 Å². The van der Waals surface area contributed by atoms with E-state index in [1.54, 1.807) is 9.58 Å². The number of rotatable bonds is 10. The standard InChI is InChI=1S/C29H34N4O4/c1-5-18-37-23-14-12-21(13-15-23)26-25(28(35)29(36)32(26)17-9-16-31(3)4)27(34)24-19-30-33(20(24)2)22-10-7-6-8-11-22/h6-8,10-15,19,26,34H,5,9,16-18H2,1-4H3/b27-25+. The number of aliphatic hydroxyl groups is 1. The van der Waals surface area contributed by atoms with E-state index >= 15 is 0 Å². The molecule has 1 aromatic heterocycles. The first-order chi connectivity index (χ1) is 17.8. The number of benzene rings is 2. The summed E-state index contributed by atoms with van der Waals surface area (Å²) >= 11 is 0. The molecule has 2 heterocycles. The number of nitrogens with zero attached hydrogens (tertiary/aromatic N) is 4. The molecule has 0 radical (unpaired) electrons. The number of carbonyl (C=O) groups excluding carboxylic acids is 2. The molecule has 3 aromatic rings. The Balaban J connectivity index is 1.77. The Morgan fingerprint density at radius 1 is 1.08 bits per heavy atom. The fourth-order valence-electron chi connectivity index (χ4n) is 4.60. The molecule has 0 bridgehead atoms. The highest BCUT2D eigenvalue weighted by Crippen LogP contribution is 2.40. The molecule has 0 saturated carbocycles. The van der Waals surface area contributed by atoms with Crippen molar-refractivity contribution in [3.05, 3.63) is 83.2 Å². The van der Waals surface area contributed by atoms with Crippen molar-refractivity contribution in [3.63, 3.8) is 0 Å². The lowest BCUT2D eigenvalue weighted by Crippen LogP contribution is -2.32. The number of aliphatic hydroxyl groups excluding tert-OH is 1. The third kappa shape index (κ3) is 5.44. The van der Waals surface area contributed by atoms with Crippen LogP contribution in [0.3, 0.4) is 0 Å². The van der Waals surface area contributed by atoms with E-state index in [4.69, 9.17) is 4.74 Å². The van der Waals surface area contributed by atoms with Crippen LogP contribution in [0.4, 0.5) is 0 Å². The monoisotopic (exact) mass is 502 g/mol. The van der Waals surface area contributed by atoms with Gasteiger partial charge < -0.3 is 19.6 Å². The molecule has 1 atom stereocenters. The maximum absolute atomic E-state index is 13.3. The van der Waals surface area contributed by atoms with E-state index in [-0.39, 0.29) is 11.3 Å². The molecule has 1 aliphatic rings. The molecular weight excluding hydrogens is 468 g/mol. The molecule has 8 heteroatoms. The highest BCUT2D eigenvalue weighted by molar-refractivity contribution is 6.46. The van der Waals surface area contributed by atoms with Gasteiger partial charge in [-0.15, -0.1) is 0 Å². The van der Waals surface area contributed by atoms with Crippen LogP contribution in [-0.4, -0.2) is 70.2 Å². The van der Waals surface area contributed by atoms with Crippen LogP contribution in [0, 0.1) is 6.92 Å². The summed E-state index contributed by atoms with van der Waals surface area (Å²) in [6.07, 6.45) is 3.12. The van der Waals surface area contributed by atoms with Crippen LogP contribution in [0.25, 0.3) is 11.4 Å². The molecule has 1 N–H and O–H groups in total. The van der Waals surface area contributed by atoms with Crippen LogP contribution in [-0.2, 0) is 9.59 Å². The lowest BCUT2D eigenvalue weighted by atomic mass is 9.95. The van der Waals surface area contributed by atoms with E-state index in [1.165, 1.54) is 6.20 Å². The maximum atomic E-state index is 13.3. The van der Waals surface area contributed by atoms with Gasteiger partial charge in [-0.2, -0.15) is 5.10 Å². The second kappa shape index (κ2) is 11.4. The molecule has 1 fully saturated rings. The normalized spacial score (nSPS) is 17.1. The predicted molar refractivity (Wildman–Crippen MR) is 143 cm³/mol. The van der Waals surface area contributed by atoms with Crippen LogP contribution in [0.2, 0.25) is 0 Å². The van der Waals surface area contributed by atoms with Crippen LogP contribution >= 0.6 is 0 Å². The van der Waals surface area contributed by atoms with Crippen molar-refractivity contribution in [2.45, 2.75) is 32.7 Å². The second-order valence-corrected chi connectivity index (χ2v) is 9.46. The Hall–Kier alpha value is -3.91. The molecule has 194 valence electrons. The zero-order valence-corrected chi connectivity index (χ0v) is 21.8. The summed E-state index contributed by atoms with van der Waals surface area (Å²) in [5.74, 6) is -0.796. The van der Waals surface area contributed by atoms with E-state index in [0.29, 0.717) is 30.8 Å². The summed E-state index contributed by atoms with van der Waals surface area (Å²) in [6, 6.07) is 16.2. The molecule has 37 heavy (non-hydrogen) atoms. The van der Waals surface area contributed by atoms with Crippen LogP contribution in [0.5, 0.6) is 5.75 Å². The number of Topliss-reactive ketones (excluding diaryl/α,β-unsaturated/α-hetero) is 1. The number of ether oxygens (including phenoxy) is 1. The van der Waals surface area contributed by atoms with Gasteiger partial charge in [-0.3, -0.25) is 9.59 Å². The minimum atomic E-state index is -0.707. The number of aromatic nitrogens is 2. The summed E-state index contributed by atoms with van der Waals surface area (Å²) in [4.78, 5) is 30.1. The van der Waals surface area contributed by atoms with Gasteiger partial charge in [0.05, 0.1) is 41.4 Å². The van der Waals surface area contributed by atoms with Gasteiger partial charge in [0.1, 0.15) is 11.5 Å². The molecular formula is C29H34N4O4. The third-order valence-electron chi connectivity index (χ3n) is 6.48. The molecule has 1 unspecified atom stereocenters. The second-order valence-electron chi connectivity index (χ2n) is 9.46. The third-order valence-corrected chi connectivity index (χ3v) is 6.48. The molecule has 8 nitrogen and oxygen atoms in total. The highest BCUT2D eigenvalue weighted by Gasteiger charge is 2.46. The molecule has 0 aliphatic carbocycles. The van der Waals surface area contributed by atoms with Gasteiger partial charge in [0.25, 0.3) is 11.7 Å². The van der Waals surface area contributed by atoms with Crippen molar-refractivity contribution in [2.24, 2.45) is 0 Å². The van der Waals surface area contributed by atoms with E-state index in [0.717, 1.165) is 30.0 Å². The number of amides is 1. The first-order valence-electron chi connectivity index (χ1n) is 12.6. The van der Waals surface area contributed by atoms with Gasteiger partial charge in [-0.1, -0.05) is 37.3 Å². The van der Waals surface area contributed by atoms with Gasteiger partial charge in [-0.05, 0) is 70.2 Å². The average molecular weight is 503 g/mol. The lowest BCUT2D eigenvalue weighted by molar-refractivity contribution is -0.139. The minimum Gasteiger partial charge on any atom is -0.507 e. The Morgan fingerprint density at radius 3 is 2.43 bits per heavy atom. The van der Waals surface area contributed by atoms with Gasteiger partial charge in [0.2, 0.25) is 0 Å². The molecule has 4 rings (SSSR count). The maximum Gasteiger partial charge on any atom is 0.295 e. The van der Waals surface area contributed by atoms with Gasteiger partial charge in [-0.25, -0.2) is 4.68 Å². The number of likely N-dealkylation sites (tertiary alicyclic amines) is 1. The lowest BCUT2D eigenvalue weighted by Gasteiger charge is -2.26. The number of hydrogen-bond donors (Lipinski definition) is 1. The summed E-state index contributed by atoms with van der Waals surface area (Å²) < 4.78 is 7.42. The quantitative estimate of drug-likeness (QED) is 0.252. The summed E-state index contributed by atoms with van der Waals surface area (Å²) in [6.45, 7) is 5.63. The predicted octanol–water partition coefficient (Wildman–Crippen LogP) is 4.34. The zero-order valence-electron chi connectivity index (χ0n) is 21.8. The number of ketones is 1. The van der Waals surface area contributed by atoms with Crippen molar-refractivity contribution >= 4 is 17.4 Å². The van der Waals surface area contributed by atoms with Crippen LogP contribution < -0.4 is 4.74 Å². The Kier molecular flexibility index (Phi) is 8.08. The van der Waals surface area contributed by atoms with Crippen molar-refractivity contribution in [1.82, 2.24) is 19.6 Å². The Bertz CT molecular complexity index is 1280. The Labute approximate surface area is 217 Å². The summed E-state index contributed by atoms with van der Waals surface area (Å²) in [7, 11) is 3.93. The fourth-order valence-corrected chi connectivity index (χ4v) is 4.60. The highest BCUT2D eigenvalue weighted by atomic mass is 16.5. The van der Waals surface area contributed by atoms with E-state index in [9.17, 15) is 14.7 Å². The van der Waals surface area contributed by atoms with Crippen molar-refractivity contribution in [3.8, 4) is 11.4 Å². The molecule has 1 amide bonds. The first kappa shape index (κ1) is 26.2. The largest absolute Gasteiger partial charge is 0.507 e. The van der Waals surface area contributed by atoms with Gasteiger partial charge in [0.15, 0.2) is 0 Å². The topological polar surface area (TPSA) is 87.9 Å². The summed E-state index contributed by atoms with van der Waals surface area (Å²) in [5.41, 5.74) is 2.74. The fraction of sp³-hybridized carbons (Fsp3) is 0.345. The number of para-hydroxylation sites is 1. The van der Waals surface area contributed by atoms with Crippen molar-refractivity contribution in [2.75, 3.05) is 33.8 Å². The molecule has 0 spiro atoms. The van der Waals surface area contributed by atoms with Crippen LogP contribution in [0.1, 0.15) is 42.6 Å². The number of carbonyl (C=O) groups is 2. The average Bonchev–Trinajstić information content (AvgIpc) is 3.40. The first-order valence-corrected chi connectivity index (χ1v) is 12.6. The van der Waals surface area contributed by atoms with Crippen molar-refractivity contribution < 1.29 is 19.4 Å². The zero-order chi connectivity index (χ0) is 26.5.